The van der Waals surface area contributed by atoms with E-state index in [9.17, 15) is 9.90 Å². The van der Waals surface area contributed by atoms with Crippen molar-refractivity contribution in [2.24, 2.45) is 5.41 Å². The van der Waals surface area contributed by atoms with Gasteiger partial charge in [-0.25, -0.2) is 0 Å². The van der Waals surface area contributed by atoms with E-state index in [0.29, 0.717) is 18.7 Å². The van der Waals surface area contributed by atoms with E-state index in [0.717, 1.165) is 9.99 Å². The first kappa shape index (κ1) is 16.2. The van der Waals surface area contributed by atoms with Crippen molar-refractivity contribution < 1.29 is 14.6 Å². The van der Waals surface area contributed by atoms with E-state index >= 15 is 0 Å². The van der Waals surface area contributed by atoms with E-state index < -0.39 is 0 Å². The van der Waals surface area contributed by atoms with Gasteiger partial charge in [-0.2, -0.15) is 0 Å². The number of hydrogen-bond acceptors (Lipinski definition) is 3. The molecule has 1 rings (SSSR count). The van der Waals surface area contributed by atoms with Gasteiger partial charge in [-0.3, -0.25) is 4.79 Å². The number of phenols is 1. The summed E-state index contributed by atoms with van der Waals surface area (Å²) in [5.74, 6) is -0.242. The molecule has 1 amide bonds. The topological polar surface area (TPSA) is 58.6 Å². The summed E-state index contributed by atoms with van der Waals surface area (Å²) >= 11 is 2.11. The summed E-state index contributed by atoms with van der Waals surface area (Å²) in [6.45, 7) is 5.35. The molecule has 0 aliphatic heterocycles. The average Bonchev–Trinajstić information content (AvgIpc) is 2.36. The molecule has 19 heavy (non-hydrogen) atoms. The van der Waals surface area contributed by atoms with Gasteiger partial charge in [0.05, 0.1) is 5.56 Å². The highest BCUT2D eigenvalue weighted by molar-refractivity contribution is 14.1. The van der Waals surface area contributed by atoms with Crippen LogP contribution in [-0.4, -0.2) is 31.3 Å². The Kier molecular flexibility index (Phi) is 6.06. The zero-order valence-electron chi connectivity index (χ0n) is 11.5. The Balaban J connectivity index is 2.62. The van der Waals surface area contributed by atoms with Crippen LogP contribution in [0.4, 0.5) is 0 Å². The number of amides is 1. The third kappa shape index (κ3) is 5.36. The number of methoxy groups -OCH3 is 1. The second kappa shape index (κ2) is 7.09. The first-order valence-electron chi connectivity index (χ1n) is 6.11. The van der Waals surface area contributed by atoms with Crippen LogP contribution in [0.25, 0.3) is 0 Å². The zero-order chi connectivity index (χ0) is 14.5. The number of phenolic OH excluding ortho intramolecular Hbond substituents is 1. The first-order valence-corrected chi connectivity index (χ1v) is 7.19. The predicted molar refractivity (Wildman–Crippen MR) is 83.4 cm³/mol. The average molecular weight is 377 g/mol. The van der Waals surface area contributed by atoms with Crippen molar-refractivity contribution in [3.8, 4) is 5.75 Å². The highest BCUT2D eigenvalue weighted by atomic mass is 127. The minimum atomic E-state index is -0.249. The van der Waals surface area contributed by atoms with Gasteiger partial charge in [-0.1, -0.05) is 13.8 Å². The van der Waals surface area contributed by atoms with E-state index in [-0.39, 0.29) is 17.1 Å². The fraction of sp³-hybridized carbons (Fsp3) is 0.500. The van der Waals surface area contributed by atoms with Crippen LogP contribution in [0.5, 0.6) is 5.75 Å². The normalized spacial score (nSPS) is 11.4. The molecule has 0 atom stereocenters. The number of ether oxygens (including phenoxy) is 1. The molecule has 0 aliphatic carbocycles. The molecule has 0 radical (unpaired) electrons. The lowest BCUT2D eigenvalue weighted by Crippen LogP contribution is -2.34. The molecule has 0 saturated heterocycles. The van der Waals surface area contributed by atoms with Crippen LogP contribution < -0.4 is 5.32 Å². The molecule has 106 valence electrons. The SMILES string of the molecule is COCCC(C)(C)CNC(=O)c1cc(I)ccc1O. The maximum absolute atomic E-state index is 12.0. The highest BCUT2D eigenvalue weighted by Gasteiger charge is 2.20. The lowest BCUT2D eigenvalue weighted by molar-refractivity contribution is 0.0918. The summed E-state index contributed by atoms with van der Waals surface area (Å²) < 4.78 is 5.97. The van der Waals surface area contributed by atoms with E-state index in [2.05, 4.69) is 41.8 Å². The van der Waals surface area contributed by atoms with Gasteiger partial charge in [-0.05, 0) is 52.6 Å². The first-order chi connectivity index (χ1) is 8.85. The van der Waals surface area contributed by atoms with Gasteiger partial charge in [0.25, 0.3) is 5.91 Å². The Morgan fingerprint density at radius 2 is 2.16 bits per heavy atom. The number of nitrogens with one attached hydrogen (secondary N) is 1. The van der Waals surface area contributed by atoms with Crippen LogP contribution in [0.1, 0.15) is 30.6 Å². The molecule has 5 heteroatoms. The van der Waals surface area contributed by atoms with Crippen LogP contribution in [0, 0.1) is 8.99 Å². The zero-order valence-corrected chi connectivity index (χ0v) is 13.7. The molecule has 0 fully saturated rings. The predicted octanol–water partition coefficient (Wildman–Crippen LogP) is 2.79. The van der Waals surface area contributed by atoms with Crippen molar-refractivity contribution in [3.05, 3.63) is 27.3 Å². The Morgan fingerprint density at radius 3 is 2.79 bits per heavy atom. The van der Waals surface area contributed by atoms with Crippen LogP contribution in [0.2, 0.25) is 0 Å². The maximum Gasteiger partial charge on any atom is 0.255 e. The smallest absolute Gasteiger partial charge is 0.255 e. The Morgan fingerprint density at radius 1 is 1.47 bits per heavy atom. The summed E-state index contributed by atoms with van der Waals surface area (Å²) in [4.78, 5) is 12.0. The summed E-state index contributed by atoms with van der Waals surface area (Å²) in [7, 11) is 1.67. The second-order valence-corrected chi connectivity index (χ2v) is 6.50. The van der Waals surface area contributed by atoms with Crippen molar-refractivity contribution >= 4 is 28.5 Å². The lowest BCUT2D eigenvalue weighted by atomic mass is 9.89. The number of aromatic hydroxyl groups is 1. The van der Waals surface area contributed by atoms with Crippen molar-refractivity contribution in [2.45, 2.75) is 20.3 Å². The molecule has 0 unspecified atom stereocenters. The minimum absolute atomic E-state index is 0.00705. The summed E-state index contributed by atoms with van der Waals surface area (Å²) in [6, 6.07) is 4.97. The molecule has 0 heterocycles. The molecule has 0 spiro atoms. The fourth-order valence-corrected chi connectivity index (χ4v) is 2.06. The van der Waals surface area contributed by atoms with Crippen LogP contribution in [-0.2, 0) is 4.74 Å². The maximum atomic E-state index is 12.0. The molecule has 0 aromatic heterocycles. The minimum Gasteiger partial charge on any atom is -0.507 e. The van der Waals surface area contributed by atoms with Gasteiger partial charge in [0, 0.05) is 23.8 Å². The van der Waals surface area contributed by atoms with Gasteiger partial charge in [0.1, 0.15) is 5.75 Å². The fourth-order valence-electron chi connectivity index (χ4n) is 1.57. The van der Waals surface area contributed by atoms with Gasteiger partial charge in [-0.15, -0.1) is 0 Å². The van der Waals surface area contributed by atoms with Crippen LogP contribution >= 0.6 is 22.6 Å². The number of carbonyl (C=O) groups is 1. The second-order valence-electron chi connectivity index (χ2n) is 5.25. The van der Waals surface area contributed by atoms with E-state index in [4.69, 9.17) is 4.74 Å². The van der Waals surface area contributed by atoms with Gasteiger partial charge >= 0.3 is 0 Å². The van der Waals surface area contributed by atoms with E-state index in [1.165, 1.54) is 6.07 Å². The van der Waals surface area contributed by atoms with Gasteiger partial charge in [0.2, 0.25) is 0 Å². The molecule has 1 aromatic rings. The van der Waals surface area contributed by atoms with Crippen molar-refractivity contribution in [3.63, 3.8) is 0 Å². The number of rotatable bonds is 6. The third-order valence-electron chi connectivity index (χ3n) is 2.91. The molecule has 0 aliphatic rings. The quantitative estimate of drug-likeness (QED) is 0.750. The Hall–Kier alpha value is -0.820. The molecule has 2 N–H and O–H groups in total. The highest BCUT2D eigenvalue weighted by Crippen LogP contribution is 2.21. The van der Waals surface area contributed by atoms with Gasteiger partial charge in [0.15, 0.2) is 0 Å². The van der Waals surface area contributed by atoms with E-state index in [1.54, 1.807) is 19.2 Å². The number of carbonyl (C=O) groups excluding carboxylic acids is 1. The Bertz CT molecular complexity index is 446. The molecular weight excluding hydrogens is 357 g/mol. The molecular formula is C14H20INO3. The van der Waals surface area contributed by atoms with Gasteiger partial charge < -0.3 is 15.2 Å². The van der Waals surface area contributed by atoms with Crippen molar-refractivity contribution in [1.29, 1.82) is 0 Å². The van der Waals surface area contributed by atoms with E-state index in [1.807, 2.05) is 0 Å². The van der Waals surface area contributed by atoms with Crippen molar-refractivity contribution in [2.75, 3.05) is 20.3 Å². The number of benzene rings is 1. The Labute approximate surface area is 127 Å². The van der Waals surface area contributed by atoms with Crippen LogP contribution in [0.15, 0.2) is 18.2 Å². The largest absolute Gasteiger partial charge is 0.507 e. The number of hydrogen-bond donors (Lipinski definition) is 2. The summed E-state index contributed by atoms with van der Waals surface area (Å²) in [5.41, 5.74) is 0.276. The third-order valence-corrected chi connectivity index (χ3v) is 3.58. The standard InChI is InChI=1S/C14H20INO3/c1-14(2,6-7-19-3)9-16-13(18)11-8-10(15)4-5-12(11)17/h4-5,8,17H,6-7,9H2,1-3H3,(H,16,18). The molecule has 0 saturated carbocycles. The van der Waals surface area contributed by atoms with Crippen LogP contribution in [0.3, 0.4) is 0 Å². The monoisotopic (exact) mass is 377 g/mol. The molecule has 0 bridgehead atoms. The number of halogens is 1. The van der Waals surface area contributed by atoms with Crippen molar-refractivity contribution in [1.82, 2.24) is 5.32 Å². The molecule has 1 aromatic carbocycles. The summed E-state index contributed by atoms with van der Waals surface area (Å²) in [5, 5.41) is 12.6. The summed E-state index contributed by atoms with van der Waals surface area (Å²) in [6.07, 6.45) is 0.863. The lowest BCUT2D eigenvalue weighted by Gasteiger charge is -2.24. The molecule has 4 nitrogen and oxygen atoms in total.